The number of thiazole rings is 1. The number of anilines is 1. The van der Waals surface area contributed by atoms with E-state index in [1.165, 1.54) is 11.3 Å². The topological polar surface area (TPSA) is 78.9 Å². The minimum atomic E-state index is -0.305. The maximum Gasteiger partial charge on any atom is 0.264 e. The molecule has 0 bridgehead atoms. The monoisotopic (exact) mass is 438 g/mol. The van der Waals surface area contributed by atoms with Crippen molar-refractivity contribution in [2.45, 2.75) is 6.42 Å². The third-order valence-corrected chi connectivity index (χ3v) is 5.31. The molecule has 2 aromatic carbocycles. The predicted molar refractivity (Wildman–Crippen MR) is 120 cm³/mol. The Bertz CT molecular complexity index is 1100. The third kappa shape index (κ3) is 4.97. The summed E-state index contributed by atoms with van der Waals surface area (Å²) in [5.74, 6) is 2.19. The van der Waals surface area contributed by atoms with E-state index in [2.05, 4.69) is 16.9 Å². The number of amides is 1. The molecule has 1 N–H and O–H groups in total. The number of hydrogen-bond donors (Lipinski definition) is 1. The highest BCUT2D eigenvalue weighted by atomic mass is 32.1. The molecule has 0 spiro atoms. The van der Waals surface area contributed by atoms with Crippen LogP contribution in [-0.4, -0.2) is 37.8 Å². The molecule has 0 saturated heterocycles. The second kappa shape index (κ2) is 9.53. The lowest BCUT2D eigenvalue weighted by Crippen LogP contribution is -2.20. The first kappa shape index (κ1) is 20.7. The molecule has 0 saturated carbocycles. The summed E-state index contributed by atoms with van der Waals surface area (Å²) in [4.78, 5) is 16.8. The number of aromatic nitrogens is 1. The van der Waals surface area contributed by atoms with Crippen molar-refractivity contribution in [1.29, 1.82) is 0 Å². The second-order valence-corrected chi connectivity index (χ2v) is 7.57. The van der Waals surface area contributed by atoms with Crippen LogP contribution in [0.5, 0.6) is 23.0 Å². The van der Waals surface area contributed by atoms with Crippen molar-refractivity contribution in [1.82, 2.24) is 4.98 Å². The van der Waals surface area contributed by atoms with Gasteiger partial charge in [0.15, 0.2) is 34.7 Å². The Hall–Kier alpha value is -3.52. The molecule has 0 radical (unpaired) electrons. The van der Waals surface area contributed by atoms with Gasteiger partial charge >= 0.3 is 0 Å². The largest absolute Gasteiger partial charge is 0.493 e. The van der Waals surface area contributed by atoms with E-state index in [1.54, 1.807) is 13.2 Å². The van der Waals surface area contributed by atoms with Crippen molar-refractivity contribution < 1.29 is 23.7 Å². The van der Waals surface area contributed by atoms with Crippen LogP contribution in [0.15, 0.2) is 54.4 Å². The Morgan fingerprint density at radius 2 is 2.03 bits per heavy atom. The van der Waals surface area contributed by atoms with E-state index in [0.717, 1.165) is 29.0 Å². The summed E-state index contributed by atoms with van der Waals surface area (Å²) in [6.07, 6.45) is 2.54. The zero-order valence-corrected chi connectivity index (χ0v) is 17.9. The van der Waals surface area contributed by atoms with Gasteiger partial charge in [-0.1, -0.05) is 12.1 Å². The van der Waals surface area contributed by atoms with Gasteiger partial charge in [-0.15, -0.1) is 17.9 Å². The van der Waals surface area contributed by atoms with Crippen LogP contribution in [0.3, 0.4) is 0 Å². The van der Waals surface area contributed by atoms with E-state index >= 15 is 0 Å². The molecule has 31 heavy (non-hydrogen) atoms. The smallest absolute Gasteiger partial charge is 0.264 e. The van der Waals surface area contributed by atoms with Gasteiger partial charge in [-0.05, 0) is 42.3 Å². The number of benzene rings is 2. The predicted octanol–water partition coefficient (Wildman–Crippen LogP) is 4.34. The standard InChI is InChI=1S/C23H22N2O5S/c1-3-4-15-5-7-18(20(11-15)27-2)30-13-22(26)25-23-24-17(14-31-23)16-6-8-19-21(12-16)29-10-9-28-19/h3,5-8,11-12,14H,1,4,9-10,13H2,2H3,(H,24,25,26). The van der Waals surface area contributed by atoms with Crippen molar-refractivity contribution in [3.05, 3.63) is 60.0 Å². The number of hydrogen-bond acceptors (Lipinski definition) is 7. The van der Waals surface area contributed by atoms with Crippen LogP contribution >= 0.6 is 11.3 Å². The molecule has 1 aromatic heterocycles. The summed E-state index contributed by atoms with van der Waals surface area (Å²) < 4.78 is 22.2. The summed E-state index contributed by atoms with van der Waals surface area (Å²) in [6.45, 7) is 4.65. The van der Waals surface area contributed by atoms with Gasteiger partial charge in [0.05, 0.1) is 12.8 Å². The first-order valence-corrected chi connectivity index (χ1v) is 10.6. The van der Waals surface area contributed by atoms with Crippen LogP contribution in [0, 0.1) is 0 Å². The molecule has 0 fully saturated rings. The van der Waals surface area contributed by atoms with Gasteiger partial charge in [-0.2, -0.15) is 0 Å². The molecule has 0 aliphatic carbocycles. The lowest BCUT2D eigenvalue weighted by molar-refractivity contribution is -0.118. The number of carbonyl (C=O) groups excluding carboxylic acids is 1. The summed E-state index contributed by atoms with van der Waals surface area (Å²) in [5, 5.41) is 5.14. The highest BCUT2D eigenvalue weighted by molar-refractivity contribution is 7.14. The van der Waals surface area contributed by atoms with Crippen molar-refractivity contribution in [3.8, 4) is 34.3 Å². The van der Waals surface area contributed by atoms with Crippen LogP contribution in [0.25, 0.3) is 11.3 Å². The van der Waals surface area contributed by atoms with E-state index in [9.17, 15) is 4.79 Å². The van der Waals surface area contributed by atoms with E-state index in [4.69, 9.17) is 18.9 Å². The number of methoxy groups -OCH3 is 1. The molecule has 7 nitrogen and oxygen atoms in total. The maximum absolute atomic E-state index is 12.3. The van der Waals surface area contributed by atoms with Crippen molar-refractivity contribution in [2.75, 3.05) is 32.2 Å². The molecule has 1 aliphatic heterocycles. The third-order valence-electron chi connectivity index (χ3n) is 4.56. The maximum atomic E-state index is 12.3. The highest BCUT2D eigenvalue weighted by Crippen LogP contribution is 2.35. The highest BCUT2D eigenvalue weighted by Gasteiger charge is 2.15. The first-order valence-electron chi connectivity index (χ1n) is 9.72. The number of ether oxygens (including phenoxy) is 4. The number of rotatable bonds is 8. The fourth-order valence-electron chi connectivity index (χ4n) is 3.09. The van der Waals surface area contributed by atoms with Crippen molar-refractivity contribution in [2.24, 2.45) is 0 Å². The lowest BCUT2D eigenvalue weighted by Gasteiger charge is -2.18. The molecule has 8 heteroatoms. The number of fused-ring (bicyclic) bond motifs is 1. The normalized spacial score (nSPS) is 12.2. The number of allylic oxidation sites excluding steroid dienone is 1. The first-order chi connectivity index (χ1) is 15.2. The van der Waals surface area contributed by atoms with Gasteiger partial charge in [0.1, 0.15) is 13.2 Å². The molecule has 4 rings (SSSR count). The molecule has 160 valence electrons. The fourth-order valence-corrected chi connectivity index (χ4v) is 3.83. The van der Waals surface area contributed by atoms with Gasteiger partial charge in [-0.3, -0.25) is 10.1 Å². The quantitative estimate of drug-likeness (QED) is 0.527. The molecular weight excluding hydrogens is 416 g/mol. The van der Waals surface area contributed by atoms with Crippen LogP contribution in [0.2, 0.25) is 0 Å². The van der Waals surface area contributed by atoms with Crippen LogP contribution in [0.1, 0.15) is 5.56 Å². The van der Waals surface area contributed by atoms with E-state index in [-0.39, 0.29) is 12.5 Å². The second-order valence-electron chi connectivity index (χ2n) is 6.71. The van der Waals surface area contributed by atoms with Gasteiger partial charge < -0.3 is 18.9 Å². The van der Waals surface area contributed by atoms with E-state index in [0.29, 0.717) is 35.6 Å². The molecule has 2 heterocycles. The van der Waals surface area contributed by atoms with Gasteiger partial charge in [-0.25, -0.2) is 4.98 Å². The number of nitrogens with one attached hydrogen (secondary N) is 1. The van der Waals surface area contributed by atoms with Crippen LogP contribution in [0.4, 0.5) is 5.13 Å². The zero-order valence-electron chi connectivity index (χ0n) is 17.1. The lowest BCUT2D eigenvalue weighted by atomic mass is 10.1. The average molecular weight is 439 g/mol. The molecule has 0 atom stereocenters. The molecule has 1 amide bonds. The Balaban J connectivity index is 1.37. The minimum absolute atomic E-state index is 0.157. The fraction of sp³-hybridized carbons (Fsp3) is 0.217. The van der Waals surface area contributed by atoms with Gasteiger partial charge in [0.25, 0.3) is 5.91 Å². The van der Waals surface area contributed by atoms with E-state index in [1.807, 2.05) is 41.8 Å². The van der Waals surface area contributed by atoms with Gasteiger partial charge in [0, 0.05) is 10.9 Å². The van der Waals surface area contributed by atoms with Crippen LogP contribution in [-0.2, 0) is 11.2 Å². The number of carbonyl (C=O) groups is 1. The van der Waals surface area contributed by atoms with E-state index < -0.39 is 0 Å². The van der Waals surface area contributed by atoms with Crippen LogP contribution < -0.4 is 24.3 Å². The Morgan fingerprint density at radius 3 is 2.84 bits per heavy atom. The summed E-state index contributed by atoms with van der Waals surface area (Å²) in [5.41, 5.74) is 2.69. The Labute approximate surface area is 184 Å². The molecular formula is C23H22N2O5S. The number of nitrogens with zero attached hydrogens (tertiary/aromatic N) is 1. The Morgan fingerprint density at radius 1 is 1.19 bits per heavy atom. The minimum Gasteiger partial charge on any atom is -0.493 e. The molecule has 3 aromatic rings. The summed E-state index contributed by atoms with van der Waals surface area (Å²) in [6, 6.07) is 11.2. The average Bonchev–Trinajstić information content (AvgIpc) is 3.26. The SMILES string of the molecule is C=CCc1ccc(OCC(=O)Nc2nc(-c3ccc4c(c3)OCCO4)cs2)c(OC)c1. The Kier molecular flexibility index (Phi) is 6.37. The molecule has 0 unspecified atom stereocenters. The van der Waals surface area contributed by atoms with Crippen molar-refractivity contribution in [3.63, 3.8) is 0 Å². The zero-order chi connectivity index (χ0) is 21.6. The van der Waals surface area contributed by atoms with Crippen molar-refractivity contribution >= 4 is 22.4 Å². The molecule has 1 aliphatic rings. The summed E-state index contributed by atoms with van der Waals surface area (Å²) in [7, 11) is 1.56. The summed E-state index contributed by atoms with van der Waals surface area (Å²) >= 11 is 1.34. The van der Waals surface area contributed by atoms with Gasteiger partial charge in [0.2, 0.25) is 0 Å².